The van der Waals surface area contributed by atoms with Crippen LogP contribution < -0.4 is 5.32 Å². The van der Waals surface area contributed by atoms with Crippen LogP contribution >= 0.6 is 0 Å². The van der Waals surface area contributed by atoms with Crippen molar-refractivity contribution in [3.8, 4) is 0 Å². The average Bonchev–Trinajstić information content (AvgIpc) is 3.06. The zero-order chi connectivity index (χ0) is 17.1. The second-order valence-electron chi connectivity index (χ2n) is 6.22. The molecule has 0 aliphatic heterocycles. The number of amides is 1. The van der Waals surface area contributed by atoms with E-state index >= 15 is 0 Å². The number of hydrogen-bond donors (Lipinski definition) is 2. The molecule has 6 nitrogen and oxygen atoms in total. The fourth-order valence-corrected chi connectivity index (χ4v) is 3.14. The van der Waals surface area contributed by atoms with Crippen molar-refractivity contribution in [1.29, 1.82) is 0 Å². The lowest BCUT2D eigenvalue weighted by Crippen LogP contribution is -2.40. The minimum Gasteiger partial charge on any atom is -0.448 e. The fourth-order valence-electron chi connectivity index (χ4n) is 3.14. The van der Waals surface area contributed by atoms with Crippen molar-refractivity contribution < 1.29 is 19.1 Å². The lowest BCUT2D eigenvalue weighted by atomic mass is 10.1. The third-order valence-corrected chi connectivity index (χ3v) is 4.35. The second kappa shape index (κ2) is 6.98. The Hall–Kier alpha value is -2.11. The fraction of sp³-hybridized carbons (Fsp3) is 0.588. The van der Waals surface area contributed by atoms with Crippen molar-refractivity contribution >= 4 is 17.7 Å². The van der Waals surface area contributed by atoms with Gasteiger partial charge in [-0.2, -0.15) is 0 Å². The first kappa shape index (κ1) is 17.2. The summed E-state index contributed by atoms with van der Waals surface area (Å²) in [5, 5.41) is 2.90. The molecular formula is C17H24N2O4. The summed E-state index contributed by atoms with van der Waals surface area (Å²) >= 11 is 0. The molecule has 1 fully saturated rings. The number of H-pyrrole nitrogens is 1. The van der Waals surface area contributed by atoms with E-state index in [0.717, 1.165) is 25.7 Å². The maximum Gasteiger partial charge on any atom is 0.355 e. The number of esters is 1. The molecule has 23 heavy (non-hydrogen) atoms. The van der Waals surface area contributed by atoms with Crippen molar-refractivity contribution in [3.63, 3.8) is 0 Å². The quantitative estimate of drug-likeness (QED) is 0.644. The van der Waals surface area contributed by atoms with Crippen LogP contribution in [0, 0.1) is 13.8 Å². The summed E-state index contributed by atoms with van der Waals surface area (Å²) in [6.07, 6.45) is 3.32. The minimum absolute atomic E-state index is 0.109. The molecule has 0 unspecified atom stereocenters. The Balaban J connectivity index is 2.02. The molecular weight excluding hydrogens is 296 g/mol. The normalized spacial score (nSPS) is 16.2. The maximum atomic E-state index is 12.3. The van der Waals surface area contributed by atoms with Gasteiger partial charge < -0.3 is 15.0 Å². The predicted molar refractivity (Wildman–Crippen MR) is 85.5 cm³/mol. The Labute approximate surface area is 136 Å². The number of rotatable bonds is 5. The standard InChI is InChI=1S/C17H24N2O4/c1-9-14(11(3)20)10(2)18-15(9)17(22)23-12(4)16(21)19-13-7-5-6-8-13/h12-13,18H,5-8H2,1-4H3,(H,19,21)/t12-/m1/s1. The molecule has 2 rings (SSSR count). The van der Waals surface area contributed by atoms with Crippen LogP contribution in [0.4, 0.5) is 0 Å². The van der Waals surface area contributed by atoms with E-state index in [1.807, 2.05) is 0 Å². The van der Waals surface area contributed by atoms with Crippen molar-refractivity contribution in [2.24, 2.45) is 0 Å². The van der Waals surface area contributed by atoms with E-state index in [2.05, 4.69) is 10.3 Å². The number of carbonyl (C=O) groups is 3. The molecule has 0 saturated heterocycles. The van der Waals surface area contributed by atoms with E-state index in [0.29, 0.717) is 16.8 Å². The number of hydrogen-bond acceptors (Lipinski definition) is 4. The highest BCUT2D eigenvalue weighted by atomic mass is 16.5. The molecule has 0 bridgehead atoms. The van der Waals surface area contributed by atoms with Crippen molar-refractivity contribution in [2.75, 3.05) is 0 Å². The third kappa shape index (κ3) is 3.81. The molecule has 6 heteroatoms. The topological polar surface area (TPSA) is 88.3 Å². The highest BCUT2D eigenvalue weighted by Crippen LogP contribution is 2.20. The van der Waals surface area contributed by atoms with E-state index in [1.54, 1.807) is 20.8 Å². The summed E-state index contributed by atoms with van der Waals surface area (Å²) in [5.41, 5.74) is 1.92. The van der Waals surface area contributed by atoms with Crippen LogP contribution in [-0.2, 0) is 9.53 Å². The number of ether oxygens (including phenoxy) is 1. The van der Waals surface area contributed by atoms with Gasteiger partial charge in [-0.25, -0.2) is 4.79 Å². The zero-order valence-corrected chi connectivity index (χ0v) is 14.1. The lowest BCUT2D eigenvalue weighted by molar-refractivity contribution is -0.129. The van der Waals surface area contributed by atoms with E-state index in [1.165, 1.54) is 6.92 Å². The SMILES string of the molecule is CC(=O)c1c(C)[nH]c(C(=O)O[C@H](C)C(=O)NC2CCCC2)c1C. The van der Waals surface area contributed by atoms with Crippen molar-refractivity contribution in [1.82, 2.24) is 10.3 Å². The maximum absolute atomic E-state index is 12.3. The minimum atomic E-state index is -0.869. The monoisotopic (exact) mass is 320 g/mol. The highest BCUT2D eigenvalue weighted by molar-refractivity contribution is 6.01. The van der Waals surface area contributed by atoms with Gasteiger partial charge in [-0.05, 0) is 46.1 Å². The Morgan fingerprint density at radius 3 is 2.35 bits per heavy atom. The Morgan fingerprint density at radius 1 is 1.22 bits per heavy atom. The van der Waals surface area contributed by atoms with E-state index < -0.39 is 12.1 Å². The van der Waals surface area contributed by atoms with Gasteiger partial charge in [0.25, 0.3) is 5.91 Å². The average molecular weight is 320 g/mol. The molecule has 1 aromatic heterocycles. The number of nitrogens with one attached hydrogen (secondary N) is 2. The first-order chi connectivity index (χ1) is 10.8. The number of Topliss-reactive ketones (excluding diaryl/α,β-unsaturated/α-hetero) is 1. The van der Waals surface area contributed by atoms with Gasteiger partial charge in [0.15, 0.2) is 11.9 Å². The largest absolute Gasteiger partial charge is 0.448 e. The van der Waals surface area contributed by atoms with Crippen molar-refractivity contribution in [2.45, 2.75) is 65.5 Å². The van der Waals surface area contributed by atoms with Gasteiger partial charge in [0.05, 0.1) is 0 Å². The molecule has 0 aromatic carbocycles. The number of aryl methyl sites for hydroxylation is 1. The van der Waals surface area contributed by atoms with Gasteiger partial charge in [0, 0.05) is 17.3 Å². The Kier molecular flexibility index (Phi) is 5.23. The number of ketones is 1. The summed E-state index contributed by atoms with van der Waals surface area (Å²) < 4.78 is 5.24. The zero-order valence-electron chi connectivity index (χ0n) is 14.1. The smallest absolute Gasteiger partial charge is 0.355 e. The molecule has 1 heterocycles. The van der Waals surface area contributed by atoms with Crippen molar-refractivity contribution in [3.05, 3.63) is 22.5 Å². The van der Waals surface area contributed by atoms with Gasteiger partial charge in [0.2, 0.25) is 0 Å². The van der Waals surface area contributed by atoms with Crippen LogP contribution in [-0.4, -0.2) is 34.8 Å². The van der Waals surface area contributed by atoms with E-state index in [4.69, 9.17) is 4.74 Å². The molecule has 1 aliphatic carbocycles. The van der Waals surface area contributed by atoms with Crippen LogP contribution in [0.2, 0.25) is 0 Å². The Morgan fingerprint density at radius 2 is 1.83 bits per heavy atom. The van der Waals surface area contributed by atoms with E-state index in [9.17, 15) is 14.4 Å². The third-order valence-electron chi connectivity index (χ3n) is 4.35. The van der Waals surface area contributed by atoms with Gasteiger partial charge in [-0.1, -0.05) is 12.8 Å². The van der Waals surface area contributed by atoms with Gasteiger partial charge in [-0.3, -0.25) is 9.59 Å². The molecule has 1 amide bonds. The summed E-state index contributed by atoms with van der Waals surface area (Å²) in [6, 6.07) is 0.183. The van der Waals surface area contributed by atoms with Gasteiger partial charge in [0.1, 0.15) is 5.69 Å². The van der Waals surface area contributed by atoms with Gasteiger partial charge in [-0.15, -0.1) is 0 Å². The second-order valence-corrected chi connectivity index (χ2v) is 6.22. The predicted octanol–water partition coefficient (Wildman–Crippen LogP) is 2.44. The van der Waals surface area contributed by atoms with E-state index in [-0.39, 0.29) is 23.4 Å². The lowest BCUT2D eigenvalue weighted by Gasteiger charge is -2.17. The van der Waals surface area contributed by atoms with Crippen LogP contribution in [0.5, 0.6) is 0 Å². The van der Waals surface area contributed by atoms with Gasteiger partial charge >= 0.3 is 5.97 Å². The molecule has 1 aromatic rings. The number of aromatic amines is 1. The first-order valence-corrected chi connectivity index (χ1v) is 8.02. The highest BCUT2D eigenvalue weighted by Gasteiger charge is 2.26. The van der Waals surface area contributed by atoms with Crippen LogP contribution in [0.25, 0.3) is 0 Å². The molecule has 0 radical (unpaired) electrons. The number of carbonyl (C=O) groups excluding carboxylic acids is 3. The van der Waals surface area contributed by atoms with Crippen LogP contribution in [0.15, 0.2) is 0 Å². The summed E-state index contributed by atoms with van der Waals surface area (Å²) in [6.45, 7) is 6.44. The summed E-state index contributed by atoms with van der Waals surface area (Å²) in [4.78, 5) is 38.8. The van der Waals surface area contributed by atoms with Crippen LogP contribution in [0.3, 0.4) is 0 Å². The molecule has 1 aliphatic rings. The number of aromatic nitrogens is 1. The molecule has 1 atom stereocenters. The van der Waals surface area contributed by atoms with Crippen LogP contribution in [0.1, 0.15) is 71.6 Å². The Bertz CT molecular complexity index is 627. The summed E-state index contributed by atoms with van der Waals surface area (Å²) in [5.74, 6) is -1.01. The molecule has 126 valence electrons. The molecule has 0 spiro atoms. The first-order valence-electron chi connectivity index (χ1n) is 8.02. The molecule has 1 saturated carbocycles. The molecule has 2 N–H and O–H groups in total. The summed E-state index contributed by atoms with van der Waals surface area (Å²) in [7, 11) is 0.